The van der Waals surface area contributed by atoms with Gasteiger partial charge in [0.05, 0.1) is 27.7 Å². The van der Waals surface area contributed by atoms with Crippen molar-refractivity contribution in [3.8, 4) is 0 Å². The number of carbonyl (C=O) groups is 2. The third-order valence-electron chi connectivity index (χ3n) is 9.48. The third-order valence-corrected chi connectivity index (χ3v) is 10.5. The Morgan fingerprint density at radius 2 is 1.00 bits per heavy atom. The maximum atomic E-state index is 12.6. The van der Waals surface area contributed by atoms with Gasteiger partial charge in [0.2, 0.25) is 0 Å². The number of hydrogen-bond donors (Lipinski definition) is 1. The monoisotopic (exact) mass is 787 g/mol. The molecule has 0 spiro atoms. The van der Waals surface area contributed by atoms with Crippen LogP contribution in [0.2, 0.25) is 0 Å². The summed E-state index contributed by atoms with van der Waals surface area (Å²) in [5.41, 5.74) is 0. The first-order valence-corrected chi connectivity index (χ1v) is 23.6. The molecule has 54 heavy (non-hydrogen) atoms. The van der Waals surface area contributed by atoms with E-state index in [1.165, 1.54) is 109 Å². The Bertz CT molecular complexity index is 980. The molecule has 2 atom stereocenters. The first kappa shape index (κ1) is 52.5. The van der Waals surface area contributed by atoms with Crippen LogP contribution >= 0.6 is 7.82 Å². The number of quaternary nitrogens is 1. The molecule has 0 fully saturated rings. The number of likely N-dealkylation sites (N-methyl/N-ethyl adjacent to an activating group) is 1. The second kappa shape index (κ2) is 37.1. The van der Waals surface area contributed by atoms with E-state index in [0.717, 1.165) is 51.4 Å². The first-order chi connectivity index (χ1) is 26.0. The highest BCUT2D eigenvalue weighted by molar-refractivity contribution is 7.47. The predicted molar refractivity (Wildman–Crippen MR) is 224 cm³/mol. The van der Waals surface area contributed by atoms with E-state index in [0.29, 0.717) is 17.4 Å². The molecule has 0 saturated heterocycles. The van der Waals surface area contributed by atoms with Gasteiger partial charge in [0.15, 0.2) is 6.10 Å². The van der Waals surface area contributed by atoms with Crippen LogP contribution in [0.1, 0.15) is 194 Å². The van der Waals surface area contributed by atoms with Crippen LogP contribution in [-0.4, -0.2) is 74.9 Å². The van der Waals surface area contributed by atoms with Gasteiger partial charge in [0, 0.05) is 12.8 Å². The summed E-state index contributed by atoms with van der Waals surface area (Å²) in [6, 6.07) is 0. The third kappa shape index (κ3) is 40.2. The summed E-state index contributed by atoms with van der Waals surface area (Å²) in [5, 5.41) is 0. The smallest absolute Gasteiger partial charge is 0.462 e. The van der Waals surface area contributed by atoms with E-state index in [2.05, 4.69) is 38.2 Å². The van der Waals surface area contributed by atoms with E-state index in [9.17, 15) is 19.0 Å². The lowest BCUT2D eigenvalue weighted by molar-refractivity contribution is -0.870. The molecule has 0 aliphatic rings. The Kier molecular flexibility index (Phi) is 36.1. The molecular formula is C44H85NO8P+. The van der Waals surface area contributed by atoms with Crippen LogP contribution in [0.5, 0.6) is 0 Å². The Morgan fingerprint density at radius 1 is 0.574 bits per heavy atom. The molecule has 0 aliphatic heterocycles. The van der Waals surface area contributed by atoms with Gasteiger partial charge < -0.3 is 18.9 Å². The quantitative estimate of drug-likeness (QED) is 0.0215. The summed E-state index contributed by atoms with van der Waals surface area (Å²) in [6.45, 7) is 4.32. The van der Waals surface area contributed by atoms with Crippen LogP contribution < -0.4 is 0 Å². The van der Waals surface area contributed by atoms with Gasteiger partial charge >= 0.3 is 19.8 Å². The van der Waals surface area contributed by atoms with Crippen molar-refractivity contribution in [3.63, 3.8) is 0 Å². The van der Waals surface area contributed by atoms with Crippen molar-refractivity contribution >= 4 is 19.8 Å². The van der Waals surface area contributed by atoms with Gasteiger partial charge in [-0.05, 0) is 44.9 Å². The van der Waals surface area contributed by atoms with E-state index in [1.807, 2.05) is 21.1 Å². The number of rotatable bonds is 40. The lowest BCUT2D eigenvalue weighted by Gasteiger charge is -2.24. The van der Waals surface area contributed by atoms with Crippen molar-refractivity contribution in [2.75, 3.05) is 47.5 Å². The number of ether oxygens (including phenoxy) is 2. The van der Waals surface area contributed by atoms with Gasteiger partial charge in [-0.1, -0.05) is 160 Å². The molecule has 9 nitrogen and oxygen atoms in total. The second-order valence-electron chi connectivity index (χ2n) is 16.1. The van der Waals surface area contributed by atoms with E-state index in [4.69, 9.17) is 18.5 Å². The number of phosphoric ester groups is 1. The highest BCUT2D eigenvalue weighted by Crippen LogP contribution is 2.43. The number of esters is 2. The van der Waals surface area contributed by atoms with E-state index in [1.54, 1.807) is 0 Å². The number of unbranched alkanes of at least 4 members (excludes halogenated alkanes) is 22. The van der Waals surface area contributed by atoms with Crippen molar-refractivity contribution in [2.24, 2.45) is 0 Å². The summed E-state index contributed by atoms with van der Waals surface area (Å²) in [6.07, 6.45) is 39.9. The minimum Gasteiger partial charge on any atom is -0.462 e. The highest BCUT2D eigenvalue weighted by Gasteiger charge is 2.27. The van der Waals surface area contributed by atoms with E-state index < -0.39 is 26.5 Å². The fraction of sp³-hybridized carbons (Fsp3) is 0.864. The SMILES string of the molecule is CCCCCCC/C=C\C/C=C\CCCCCCCCCCCCCCCC(=O)OC(COC(=O)CCCCCCC)COP(=O)(O)OCC[N+](C)(C)C. The van der Waals surface area contributed by atoms with Crippen LogP contribution in [0.15, 0.2) is 24.3 Å². The zero-order valence-corrected chi connectivity index (χ0v) is 36.6. The molecule has 318 valence electrons. The normalized spacial score (nSPS) is 13.8. The zero-order chi connectivity index (χ0) is 40.0. The summed E-state index contributed by atoms with van der Waals surface area (Å²) >= 11 is 0. The lowest BCUT2D eigenvalue weighted by atomic mass is 10.0. The fourth-order valence-corrected chi connectivity index (χ4v) is 6.73. The van der Waals surface area contributed by atoms with Crippen LogP contribution in [0.4, 0.5) is 0 Å². The standard InChI is InChI=1S/C44H84NO8P/c1-6-8-10-12-13-14-15-16-17-18-19-20-21-22-23-24-25-26-27-28-29-30-31-33-35-37-44(47)53-42(40-50-43(46)36-34-32-11-9-7-2)41-52-54(48,49)51-39-38-45(3,4)5/h15-16,18-19,42H,6-14,17,20-41H2,1-5H3/p+1/b16-15-,19-18-. The van der Waals surface area contributed by atoms with Gasteiger partial charge in [0.1, 0.15) is 19.8 Å². The van der Waals surface area contributed by atoms with Gasteiger partial charge in [0.25, 0.3) is 0 Å². The number of nitrogens with zero attached hydrogens (tertiary/aromatic N) is 1. The Labute approximate surface area is 332 Å². The predicted octanol–water partition coefficient (Wildman–Crippen LogP) is 12.4. The molecule has 0 aromatic carbocycles. The van der Waals surface area contributed by atoms with E-state index in [-0.39, 0.29) is 32.0 Å². The number of hydrogen-bond acceptors (Lipinski definition) is 7. The summed E-state index contributed by atoms with van der Waals surface area (Å²) < 4.78 is 34.1. The topological polar surface area (TPSA) is 108 Å². The molecule has 0 radical (unpaired) electrons. The van der Waals surface area contributed by atoms with Crippen molar-refractivity contribution in [2.45, 2.75) is 200 Å². The van der Waals surface area contributed by atoms with Gasteiger partial charge in [-0.3, -0.25) is 18.6 Å². The van der Waals surface area contributed by atoms with Crippen molar-refractivity contribution in [1.29, 1.82) is 0 Å². The maximum absolute atomic E-state index is 12.6. The van der Waals surface area contributed by atoms with Crippen LogP contribution in [0, 0.1) is 0 Å². The van der Waals surface area contributed by atoms with Crippen molar-refractivity contribution in [1.82, 2.24) is 0 Å². The minimum absolute atomic E-state index is 0.0331. The summed E-state index contributed by atoms with van der Waals surface area (Å²) in [4.78, 5) is 35.0. The number of carbonyl (C=O) groups excluding carboxylic acids is 2. The molecule has 0 rings (SSSR count). The molecule has 0 saturated carbocycles. The highest BCUT2D eigenvalue weighted by atomic mass is 31.2. The maximum Gasteiger partial charge on any atom is 0.472 e. The van der Waals surface area contributed by atoms with Gasteiger partial charge in [-0.2, -0.15) is 0 Å². The molecule has 10 heteroatoms. The van der Waals surface area contributed by atoms with Crippen molar-refractivity contribution < 1.29 is 42.1 Å². The molecule has 1 N–H and O–H groups in total. The van der Waals surface area contributed by atoms with Crippen molar-refractivity contribution in [3.05, 3.63) is 24.3 Å². The Balaban J connectivity index is 4.04. The van der Waals surface area contributed by atoms with Crippen LogP contribution in [0.25, 0.3) is 0 Å². The molecule has 0 amide bonds. The molecule has 0 aliphatic carbocycles. The average Bonchev–Trinajstić information content (AvgIpc) is 3.12. The molecular weight excluding hydrogens is 701 g/mol. The Hall–Kier alpha value is -1.51. The minimum atomic E-state index is -4.36. The number of phosphoric acid groups is 1. The molecule has 2 unspecified atom stereocenters. The zero-order valence-electron chi connectivity index (χ0n) is 35.7. The van der Waals surface area contributed by atoms with Crippen LogP contribution in [0.3, 0.4) is 0 Å². The van der Waals surface area contributed by atoms with Crippen LogP contribution in [-0.2, 0) is 32.7 Å². The molecule has 0 aromatic rings. The molecule has 0 heterocycles. The summed E-state index contributed by atoms with van der Waals surface area (Å²) in [7, 11) is 1.48. The van der Waals surface area contributed by atoms with Gasteiger partial charge in [-0.25, -0.2) is 4.57 Å². The lowest BCUT2D eigenvalue weighted by Crippen LogP contribution is -2.37. The molecule has 0 bridgehead atoms. The van der Waals surface area contributed by atoms with E-state index >= 15 is 0 Å². The Morgan fingerprint density at radius 3 is 1.46 bits per heavy atom. The fourth-order valence-electron chi connectivity index (χ4n) is 5.99. The first-order valence-electron chi connectivity index (χ1n) is 22.1. The van der Waals surface area contributed by atoms with Gasteiger partial charge in [-0.15, -0.1) is 0 Å². The number of allylic oxidation sites excluding steroid dienone is 4. The molecule has 0 aromatic heterocycles. The summed E-state index contributed by atoms with van der Waals surface area (Å²) in [5.74, 6) is -0.809. The average molecular weight is 787 g/mol. The largest absolute Gasteiger partial charge is 0.472 e. The second-order valence-corrected chi connectivity index (χ2v) is 17.5.